The van der Waals surface area contributed by atoms with Crippen molar-refractivity contribution in [2.24, 2.45) is 5.92 Å². The molecule has 25 heavy (non-hydrogen) atoms. The summed E-state index contributed by atoms with van der Waals surface area (Å²) < 4.78 is 5.46. The van der Waals surface area contributed by atoms with Gasteiger partial charge < -0.3 is 10.1 Å². The highest BCUT2D eigenvalue weighted by atomic mass is 32.2. The molecule has 0 radical (unpaired) electrons. The van der Waals surface area contributed by atoms with Crippen LogP contribution >= 0.6 is 11.8 Å². The standard InChI is InChI=1S/C22H31NOS/c1-17(2)16-25-15-7-14-23-18(3)19-10-12-20(13-11-19)21-8-5-6-9-22(21)24-4/h5-6,8-13,17-18,23H,7,14-16H2,1-4H3. The predicted molar refractivity (Wildman–Crippen MR) is 112 cm³/mol. The Morgan fingerprint density at radius 2 is 1.72 bits per heavy atom. The summed E-state index contributed by atoms with van der Waals surface area (Å²) in [5.74, 6) is 4.21. The van der Waals surface area contributed by atoms with E-state index in [4.69, 9.17) is 4.74 Å². The quantitative estimate of drug-likeness (QED) is 0.544. The maximum absolute atomic E-state index is 5.46. The first-order chi connectivity index (χ1) is 12.1. The fourth-order valence-corrected chi connectivity index (χ4v) is 3.75. The Balaban J connectivity index is 1.85. The van der Waals surface area contributed by atoms with E-state index in [0.717, 1.165) is 23.8 Å². The third-order valence-corrected chi connectivity index (χ3v) is 5.68. The zero-order valence-electron chi connectivity index (χ0n) is 15.9. The molecular weight excluding hydrogens is 326 g/mol. The first-order valence-electron chi connectivity index (χ1n) is 9.16. The molecular formula is C22H31NOS. The number of hydrogen-bond donors (Lipinski definition) is 1. The molecule has 0 bridgehead atoms. The minimum Gasteiger partial charge on any atom is -0.496 e. The number of benzene rings is 2. The summed E-state index contributed by atoms with van der Waals surface area (Å²) in [6.07, 6.45) is 1.22. The highest BCUT2D eigenvalue weighted by Gasteiger charge is 2.07. The highest BCUT2D eigenvalue weighted by molar-refractivity contribution is 7.99. The minimum absolute atomic E-state index is 0.377. The molecule has 2 rings (SSSR count). The largest absolute Gasteiger partial charge is 0.496 e. The molecule has 0 aliphatic rings. The molecule has 1 atom stereocenters. The van der Waals surface area contributed by atoms with Crippen molar-refractivity contribution in [1.82, 2.24) is 5.32 Å². The van der Waals surface area contributed by atoms with Gasteiger partial charge in [-0.3, -0.25) is 0 Å². The van der Waals surface area contributed by atoms with E-state index in [1.54, 1.807) is 7.11 Å². The second kappa shape index (κ2) is 10.5. The fraction of sp³-hybridized carbons (Fsp3) is 0.455. The SMILES string of the molecule is COc1ccccc1-c1ccc(C(C)NCCCSCC(C)C)cc1. The zero-order valence-corrected chi connectivity index (χ0v) is 16.7. The van der Waals surface area contributed by atoms with Crippen molar-refractivity contribution in [3.8, 4) is 16.9 Å². The molecule has 1 unspecified atom stereocenters. The van der Waals surface area contributed by atoms with Crippen LogP contribution in [-0.4, -0.2) is 25.2 Å². The topological polar surface area (TPSA) is 21.3 Å². The first kappa shape index (κ1) is 19.9. The van der Waals surface area contributed by atoms with Crippen LogP contribution in [0.3, 0.4) is 0 Å². The van der Waals surface area contributed by atoms with E-state index in [2.05, 4.69) is 68.2 Å². The molecule has 1 N–H and O–H groups in total. The zero-order chi connectivity index (χ0) is 18.1. The van der Waals surface area contributed by atoms with E-state index in [1.165, 1.54) is 29.1 Å². The summed E-state index contributed by atoms with van der Waals surface area (Å²) in [5, 5.41) is 3.63. The van der Waals surface area contributed by atoms with Gasteiger partial charge in [0.05, 0.1) is 7.11 Å². The van der Waals surface area contributed by atoms with Crippen molar-refractivity contribution in [3.05, 3.63) is 54.1 Å². The Labute approximate surface area is 157 Å². The van der Waals surface area contributed by atoms with Gasteiger partial charge in [-0.15, -0.1) is 0 Å². The third kappa shape index (κ3) is 6.41. The van der Waals surface area contributed by atoms with Crippen molar-refractivity contribution in [3.63, 3.8) is 0 Å². The number of nitrogens with one attached hydrogen (secondary N) is 1. The van der Waals surface area contributed by atoms with Crippen molar-refractivity contribution >= 4 is 11.8 Å². The average molecular weight is 358 g/mol. The van der Waals surface area contributed by atoms with Crippen molar-refractivity contribution < 1.29 is 4.74 Å². The Bertz CT molecular complexity index is 624. The van der Waals surface area contributed by atoms with Crippen LogP contribution in [-0.2, 0) is 0 Å². The molecule has 136 valence electrons. The lowest BCUT2D eigenvalue weighted by molar-refractivity contribution is 0.416. The molecule has 0 saturated heterocycles. The molecule has 0 aromatic heterocycles. The van der Waals surface area contributed by atoms with Gasteiger partial charge in [0.25, 0.3) is 0 Å². The summed E-state index contributed by atoms with van der Waals surface area (Å²) >= 11 is 2.06. The molecule has 2 aromatic carbocycles. The van der Waals surface area contributed by atoms with Crippen LogP contribution in [0.5, 0.6) is 5.75 Å². The van der Waals surface area contributed by atoms with Crippen LogP contribution in [0, 0.1) is 5.92 Å². The van der Waals surface area contributed by atoms with Crippen LogP contribution in [0.25, 0.3) is 11.1 Å². The Morgan fingerprint density at radius 1 is 1.00 bits per heavy atom. The van der Waals surface area contributed by atoms with Gasteiger partial charge >= 0.3 is 0 Å². The van der Waals surface area contributed by atoms with Crippen LogP contribution in [0.15, 0.2) is 48.5 Å². The van der Waals surface area contributed by atoms with Crippen molar-refractivity contribution in [2.45, 2.75) is 33.2 Å². The van der Waals surface area contributed by atoms with E-state index < -0.39 is 0 Å². The lowest BCUT2D eigenvalue weighted by atomic mass is 10.0. The molecule has 0 aliphatic heterocycles. The maximum atomic E-state index is 5.46. The van der Waals surface area contributed by atoms with E-state index in [9.17, 15) is 0 Å². The third-order valence-electron chi connectivity index (χ3n) is 4.20. The number of rotatable bonds is 10. The van der Waals surface area contributed by atoms with Gasteiger partial charge in [0.2, 0.25) is 0 Å². The lowest BCUT2D eigenvalue weighted by Crippen LogP contribution is -2.20. The van der Waals surface area contributed by atoms with Gasteiger partial charge in [0, 0.05) is 11.6 Å². The Hall–Kier alpha value is -1.45. The number of methoxy groups -OCH3 is 1. The fourth-order valence-electron chi connectivity index (χ4n) is 2.76. The number of ether oxygens (including phenoxy) is 1. The normalized spacial score (nSPS) is 12.4. The van der Waals surface area contributed by atoms with Crippen LogP contribution < -0.4 is 10.1 Å². The van der Waals surface area contributed by atoms with Gasteiger partial charge in [-0.25, -0.2) is 0 Å². The highest BCUT2D eigenvalue weighted by Crippen LogP contribution is 2.30. The summed E-state index contributed by atoms with van der Waals surface area (Å²) in [5.41, 5.74) is 3.66. The molecule has 0 fully saturated rings. The smallest absolute Gasteiger partial charge is 0.126 e. The van der Waals surface area contributed by atoms with E-state index in [0.29, 0.717) is 6.04 Å². The molecule has 0 spiro atoms. The molecule has 0 amide bonds. The number of para-hydroxylation sites is 1. The molecule has 0 heterocycles. The number of hydrogen-bond acceptors (Lipinski definition) is 3. The van der Waals surface area contributed by atoms with Crippen LogP contribution in [0.2, 0.25) is 0 Å². The minimum atomic E-state index is 0.377. The summed E-state index contributed by atoms with van der Waals surface area (Å²) in [6, 6.07) is 17.3. The second-order valence-corrected chi connectivity index (χ2v) is 7.97. The van der Waals surface area contributed by atoms with E-state index in [1.807, 2.05) is 18.2 Å². The molecule has 2 aromatic rings. The molecule has 0 aliphatic carbocycles. The maximum Gasteiger partial charge on any atom is 0.126 e. The van der Waals surface area contributed by atoms with Gasteiger partial charge in [-0.1, -0.05) is 56.3 Å². The van der Waals surface area contributed by atoms with Gasteiger partial charge in [-0.2, -0.15) is 11.8 Å². The average Bonchev–Trinajstić information content (AvgIpc) is 2.64. The Kier molecular flexibility index (Phi) is 8.36. The van der Waals surface area contributed by atoms with E-state index >= 15 is 0 Å². The van der Waals surface area contributed by atoms with Crippen LogP contribution in [0.4, 0.5) is 0 Å². The number of thioether (sulfide) groups is 1. The Morgan fingerprint density at radius 3 is 2.40 bits per heavy atom. The van der Waals surface area contributed by atoms with Crippen LogP contribution in [0.1, 0.15) is 38.8 Å². The molecule has 0 saturated carbocycles. The summed E-state index contributed by atoms with van der Waals surface area (Å²) in [4.78, 5) is 0. The van der Waals surface area contributed by atoms with Crippen molar-refractivity contribution in [1.29, 1.82) is 0 Å². The lowest BCUT2D eigenvalue weighted by Gasteiger charge is -2.15. The second-order valence-electron chi connectivity index (χ2n) is 6.82. The molecule has 2 nitrogen and oxygen atoms in total. The van der Waals surface area contributed by atoms with Gasteiger partial charge in [0.15, 0.2) is 0 Å². The molecule has 3 heteroatoms. The summed E-state index contributed by atoms with van der Waals surface area (Å²) in [6.45, 7) is 7.87. The monoisotopic (exact) mass is 357 g/mol. The van der Waals surface area contributed by atoms with Gasteiger partial charge in [0.1, 0.15) is 5.75 Å². The van der Waals surface area contributed by atoms with Crippen molar-refractivity contribution in [2.75, 3.05) is 25.2 Å². The summed E-state index contributed by atoms with van der Waals surface area (Å²) in [7, 11) is 1.72. The van der Waals surface area contributed by atoms with Gasteiger partial charge in [-0.05, 0) is 54.5 Å². The predicted octanol–water partition coefficient (Wildman–Crippen LogP) is 5.79. The first-order valence-corrected chi connectivity index (χ1v) is 10.3. The van der Waals surface area contributed by atoms with E-state index in [-0.39, 0.29) is 0 Å².